The van der Waals surface area contributed by atoms with E-state index in [0.29, 0.717) is 30.1 Å². The van der Waals surface area contributed by atoms with Crippen LogP contribution in [-0.4, -0.2) is 42.9 Å². The summed E-state index contributed by atoms with van der Waals surface area (Å²) in [5.41, 5.74) is 1.45. The van der Waals surface area contributed by atoms with Gasteiger partial charge in [-0.3, -0.25) is 4.79 Å². The Morgan fingerprint density at radius 1 is 1.45 bits per heavy atom. The molecule has 3 rings (SSSR count). The summed E-state index contributed by atoms with van der Waals surface area (Å²) in [6.07, 6.45) is 1.81. The Labute approximate surface area is 133 Å². The molecule has 1 fully saturated rings. The minimum Gasteiger partial charge on any atom is -0.466 e. The van der Waals surface area contributed by atoms with Gasteiger partial charge in [-0.1, -0.05) is 6.92 Å². The molecule has 1 unspecified atom stereocenters. The number of alkyl halides is 1. The standard InChI is InChI=1S/C15H18ClNO5/c1-8-6-21-15(22-7-8)10-5-14(2,16)9(12(18)20-3)4-11(10)17-13(15)19/h4,8H,5-7H2,1-3H3,(H,17,19). The Morgan fingerprint density at radius 2 is 2.09 bits per heavy atom. The smallest absolute Gasteiger partial charge is 0.335 e. The number of esters is 1. The molecule has 0 aromatic carbocycles. The number of halogens is 1. The molecule has 6 nitrogen and oxygen atoms in total. The maximum atomic E-state index is 12.4. The molecule has 1 N–H and O–H groups in total. The van der Waals surface area contributed by atoms with Crippen molar-refractivity contribution in [3.05, 3.63) is 22.9 Å². The number of hydrogen-bond donors (Lipinski definition) is 1. The van der Waals surface area contributed by atoms with E-state index in [1.54, 1.807) is 13.0 Å². The molecule has 0 aromatic heterocycles. The van der Waals surface area contributed by atoms with E-state index in [0.717, 1.165) is 0 Å². The van der Waals surface area contributed by atoms with Crippen molar-refractivity contribution in [2.45, 2.75) is 30.9 Å². The lowest BCUT2D eigenvalue weighted by molar-refractivity contribution is -0.245. The minimum absolute atomic E-state index is 0.218. The number of hydrogen-bond acceptors (Lipinski definition) is 5. The average Bonchev–Trinajstić information content (AvgIpc) is 2.72. The molecule has 2 aliphatic heterocycles. The highest BCUT2D eigenvalue weighted by atomic mass is 35.5. The van der Waals surface area contributed by atoms with Gasteiger partial charge < -0.3 is 19.5 Å². The van der Waals surface area contributed by atoms with E-state index in [4.69, 9.17) is 25.8 Å². The van der Waals surface area contributed by atoms with Crippen LogP contribution in [0.2, 0.25) is 0 Å². The SMILES string of the molecule is COC(=O)C1=CC2=C(CC1(C)Cl)C1(OCC(C)CO1)C(=O)N2. The molecule has 1 saturated heterocycles. The fourth-order valence-corrected chi connectivity index (χ4v) is 3.21. The highest BCUT2D eigenvalue weighted by Gasteiger charge is 2.56. The molecule has 0 aromatic rings. The Kier molecular flexibility index (Phi) is 3.58. The van der Waals surface area contributed by atoms with Gasteiger partial charge in [0.2, 0.25) is 0 Å². The molecule has 1 amide bonds. The highest BCUT2D eigenvalue weighted by molar-refractivity contribution is 6.29. The summed E-state index contributed by atoms with van der Waals surface area (Å²) in [7, 11) is 1.30. The van der Waals surface area contributed by atoms with Gasteiger partial charge >= 0.3 is 5.97 Å². The third-order valence-corrected chi connectivity index (χ3v) is 4.51. The van der Waals surface area contributed by atoms with Crippen LogP contribution >= 0.6 is 11.6 Å². The lowest BCUT2D eigenvalue weighted by atomic mass is 9.83. The van der Waals surface area contributed by atoms with E-state index >= 15 is 0 Å². The zero-order valence-electron chi connectivity index (χ0n) is 12.7. The number of fused-ring (bicyclic) bond motifs is 1. The first kappa shape index (κ1) is 15.5. The van der Waals surface area contributed by atoms with Crippen LogP contribution in [0.3, 0.4) is 0 Å². The van der Waals surface area contributed by atoms with E-state index in [9.17, 15) is 9.59 Å². The second-order valence-electron chi connectivity index (χ2n) is 6.11. The highest BCUT2D eigenvalue weighted by Crippen LogP contribution is 2.46. The molecule has 0 bridgehead atoms. The van der Waals surface area contributed by atoms with E-state index in [2.05, 4.69) is 5.32 Å². The van der Waals surface area contributed by atoms with Crippen LogP contribution in [0.4, 0.5) is 0 Å². The molecule has 7 heteroatoms. The number of ether oxygens (including phenoxy) is 3. The summed E-state index contributed by atoms with van der Waals surface area (Å²) in [5, 5.41) is 2.73. The van der Waals surface area contributed by atoms with Gasteiger partial charge in [-0.2, -0.15) is 0 Å². The summed E-state index contributed by atoms with van der Waals surface area (Å²) >= 11 is 6.50. The maximum Gasteiger partial charge on any atom is 0.335 e. The fourth-order valence-electron chi connectivity index (χ4n) is 2.95. The van der Waals surface area contributed by atoms with Gasteiger partial charge in [0.25, 0.3) is 11.7 Å². The number of nitrogens with one attached hydrogen (secondary N) is 1. The Morgan fingerprint density at radius 3 is 2.68 bits per heavy atom. The van der Waals surface area contributed by atoms with E-state index in [-0.39, 0.29) is 18.2 Å². The van der Waals surface area contributed by atoms with Crippen LogP contribution < -0.4 is 5.32 Å². The lowest BCUT2D eigenvalue weighted by Crippen LogP contribution is -2.52. The van der Waals surface area contributed by atoms with Gasteiger partial charge in [0.1, 0.15) is 0 Å². The zero-order valence-corrected chi connectivity index (χ0v) is 13.5. The minimum atomic E-state index is -1.42. The quantitative estimate of drug-likeness (QED) is 0.579. The van der Waals surface area contributed by atoms with Crippen molar-refractivity contribution in [2.24, 2.45) is 5.92 Å². The monoisotopic (exact) mass is 327 g/mol. The number of methoxy groups -OCH3 is 1. The first-order chi connectivity index (χ1) is 10.3. The van der Waals surface area contributed by atoms with Crippen molar-refractivity contribution in [3.63, 3.8) is 0 Å². The zero-order chi connectivity index (χ0) is 16.1. The van der Waals surface area contributed by atoms with Crippen molar-refractivity contribution < 1.29 is 23.8 Å². The van der Waals surface area contributed by atoms with E-state index in [1.165, 1.54) is 7.11 Å². The topological polar surface area (TPSA) is 73.9 Å². The van der Waals surface area contributed by atoms with Crippen molar-refractivity contribution in [2.75, 3.05) is 20.3 Å². The first-order valence-electron chi connectivity index (χ1n) is 7.12. The molecule has 120 valence electrons. The molecule has 0 radical (unpaired) electrons. The van der Waals surface area contributed by atoms with Crippen LogP contribution in [0.15, 0.2) is 22.9 Å². The number of carbonyl (C=O) groups is 2. The second-order valence-corrected chi connectivity index (χ2v) is 6.95. The molecule has 1 aliphatic carbocycles. The van der Waals surface area contributed by atoms with Gasteiger partial charge in [-0.05, 0) is 19.4 Å². The normalized spacial score (nSPS) is 37.7. The number of allylic oxidation sites excluding steroid dienone is 1. The first-order valence-corrected chi connectivity index (χ1v) is 7.50. The van der Waals surface area contributed by atoms with Crippen LogP contribution in [0.25, 0.3) is 0 Å². The summed E-state index contributed by atoms with van der Waals surface area (Å²) in [5.74, 6) is -2.09. The van der Waals surface area contributed by atoms with Crippen LogP contribution in [0, 0.1) is 5.92 Å². The van der Waals surface area contributed by atoms with Crippen molar-refractivity contribution in [1.82, 2.24) is 5.32 Å². The largest absolute Gasteiger partial charge is 0.466 e. The maximum absolute atomic E-state index is 12.4. The van der Waals surface area contributed by atoms with E-state index in [1.807, 2.05) is 6.92 Å². The number of amides is 1. The van der Waals surface area contributed by atoms with E-state index < -0.39 is 16.6 Å². The summed E-state index contributed by atoms with van der Waals surface area (Å²) in [6, 6.07) is 0. The summed E-state index contributed by atoms with van der Waals surface area (Å²) in [4.78, 5) is 23.3. The van der Waals surface area contributed by atoms with Crippen LogP contribution in [0.1, 0.15) is 20.3 Å². The predicted octanol–water partition coefficient (Wildman–Crippen LogP) is 1.25. The lowest BCUT2D eigenvalue weighted by Gasteiger charge is -2.38. The summed E-state index contributed by atoms with van der Waals surface area (Å²) in [6.45, 7) is 4.55. The van der Waals surface area contributed by atoms with Gasteiger partial charge in [0, 0.05) is 17.2 Å². The molecule has 3 aliphatic rings. The van der Waals surface area contributed by atoms with Gasteiger partial charge in [-0.15, -0.1) is 11.6 Å². The third-order valence-electron chi connectivity index (χ3n) is 4.18. The predicted molar refractivity (Wildman–Crippen MR) is 77.9 cm³/mol. The van der Waals surface area contributed by atoms with Gasteiger partial charge in [0.05, 0.1) is 30.8 Å². The Bertz CT molecular complexity index is 599. The summed E-state index contributed by atoms with van der Waals surface area (Å²) < 4.78 is 16.2. The van der Waals surface area contributed by atoms with Crippen molar-refractivity contribution in [1.29, 1.82) is 0 Å². The number of rotatable bonds is 1. The average molecular weight is 328 g/mol. The molecular formula is C15H18ClNO5. The fraction of sp³-hybridized carbons (Fsp3) is 0.600. The van der Waals surface area contributed by atoms with Crippen LogP contribution in [-0.2, 0) is 23.8 Å². The molecule has 22 heavy (non-hydrogen) atoms. The van der Waals surface area contributed by atoms with Crippen molar-refractivity contribution >= 4 is 23.5 Å². The molecule has 2 heterocycles. The number of carbonyl (C=O) groups excluding carboxylic acids is 2. The molecule has 0 saturated carbocycles. The van der Waals surface area contributed by atoms with Gasteiger partial charge in [0.15, 0.2) is 0 Å². The Balaban J connectivity index is 2.02. The van der Waals surface area contributed by atoms with Crippen LogP contribution in [0.5, 0.6) is 0 Å². The van der Waals surface area contributed by atoms with Crippen molar-refractivity contribution in [3.8, 4) is 0 Å². The molecule has 1 atom stereocenters. The third kappa shape index (κ3) is 2.17. The second kappa shape index (κ2) is 5.08. The molecular weight excluding hydrogens is 310 g/mol. The molecule has 1 spiro atoms. The Hall–Kier alpha value is -1.37. The van der Waals surface area contributed by atoms with Gasteiger partial charge in [-0.25, -0.2) is 4.79 Å².